The van der Waals surface area contributed by atoms with Gasteiger partial charge in [-0.15, -0.1) is 0 Å². The Balaban J connectivity index is 1.64. The van der Waals surface area contributed by atoms with Gasteiger partial charge in [0.1, 0.15) is 0 Å². The van der Waals surface area contributed by atoms with Crippen LogP contribution in [0.2, 0.25) is 0 Å². The van der Waals surface area contributed by atoms with E-state index in [-0.39, 0.29) is 6.04 Å². The standard InChI is InChI=1S/C26H28N2/c1-19-11-9-10-16-25(19)28-23-17-24(21-12-5-3-6-13-21)20(2)26(18-23)27-22-14-7-4-8-15-22/h3-20,25-28H,1-2H3. The highest BCUT2D eigenvalue weighted by atomic mass is 15.0. The summed E-state index contributed by atoms with van der Waals surface area (Å²) in [5.41, 5.74) is 4.98. The van der Waals surface area contributed by atoms with Gasteiger partial charge in [-0.05, 0) is 41.3 Å². The Morgan fingerprint density at radius 3 is 2.11 bits per heavy atom. The highest BCUT2D eigenvalue weighted by molar-refractivity contribution is 5.73. The van der Waals surface area contributed by atoms with Crippen molar-refractivity contribution in [2.45, 2.75) is 25.9 Å². The van der Waals surface area contributed by atoms with Crippen LogP contribution in [0.3, 0.4) is 0 Å². The van der Waals surface area contributed by atoms with Crippen LogP contribution in [0.5, 0.6) is 0 Å². The van der Waals surface area contributed by atoms with E-state index >= 15 is 0 Å². The van der Waals surface area contributed by atoms with Crippen molar-refractivity contribution in [3.63, 3.8) is 0 Å². The van der Waals surface area contributed by atoms with Gasteiger partial charge in [0, 0.05) is 17.3 Å². The number of hydrogen-bond acceptors (Lipinski definition) is 2. The number of anilines is 1. The summed E-state index contributed by atoms with van der Waals surface area (Å²) in [6, 6.07) is 21.7. The topological polar surface area (TPSA) is 24.1 Å². The number of hydrogen-bond donors (Lipinski definition) is 2. The molecule has 2 aliphatic carbocycles. The largest absolute Gasteiger partial charge is 0.378 e. The van der Waals surface area contributed by atoms with E-state index in [9.17, 15) is 0 Å². The van der Waals surface area contributed by atoms with Crippen LogP contribution >= 0.6 is 0 Å². The first-order valence-corrected chi connectivity index (χ1v) is 10.1. The summed E-state index contributed by atoms with van der Waals surface area (Å²) in [6.45, 7) is 4.56. The molecule has 0 spiro atoms. The third-order valence-corrected chi connectivity index (χ3v) is 5.66. The van der Waals surface area contributed by atoms with Crippen molar-refractivity contribution in [3.8, 4) is 0 Å². The monoisotopic (exact) mass is 368 g/mol. The lowest BCUT2D eigenvalue weighted by Gasteiger charge is -2.33. The van der Waals surface area contributed by atoms with Gasteiger partial charge in [-0.3, -0.25) is 0 Å². The van der Waals surface area contributed by atoms with Gasteiger partial charge in [0.25, 0.3) is 0 Å². The van der Waals surface area contributed by atoms with Gasteiger partial charge < -0.3 is 10.6 Å². The molecule has 4 atom stereocenters. The highest BCUT2D eigenvalue weighted by Gasteiger charge is 2.26. The van der Waals surface area contributed by atoms with Gasteiger partial charge in [-0.25, -0.2) is 0 Å². The maximum absolute atomic E-state index is 3.75. The van der Waals surface area contributed by atoms with Crippen molar-refractivity contribution < 1.29 is 0 Å². The minimum Gasteiger partial charge on any atom is -0.378 e. The molecule has 0 aliphatic heterocycles. The molecule has 0 fully saturated rings. The second-order valence-corrected chi connectivity index (χ2v) is 7.71. The lowest BCUT2D eigenvalue weighted by molar-refractivity contribution is 0.540. The zero-order valence-electron chi connectivity index (χ0n) is 16.5. The van der Waals surface area contributed by atoms with Gasteiger partial charge in [0.2, 0.25) is 0 Å². The Morgan fingerprint density at radius 2 is 1.39 bits per heavy atom. The van der Waals surface area contributed by atoms with Crippen LogP contribution in [-0.4, -0.2) is 12.1 Å². The van der Waals surface area contributed by atoms with E-state index < -0.39 is 0 Å². The summed E-state index contributed by atoms with van der Waals surface area (Å²) >= 11 is 0. The number of nitrogens with one attached hydrogen (secondary N) is 2. The molecule has 4 rings (SSSR count). The van der Waals surface area contributed by atoms with E-state index in [1.165, 1.54) is 16.8 Å². The molecule has 142 valence electrons. The Bertz CT molecular complexity index is 906. The summed E-state index contributed by atoms with van der Waals surface area (Å²) in [6.07, 6.45) is 13.4. The number of benzene rings is 2. The first kappa shape index (κ1) is 18.4. The fourth-order valence-electron chi connectivity index (χ4n) is 3.93. The Morgan fingerprint density at radius 1 is 0.714 bits per heavy atom. The average molecular weight is 369 g/mol. The molecule has 0 aromatic heterocycles. The first-order chi connectivity index (χ1) is 13.7. The highest BCUT2D eigenvalue weighted by Crippen LogP contribution is 2.33. The molecule has 0 heterocycles. The van der Waals surface area contributed by atoms with Crippen molar-refractivity contribution in [2.75, 3.05) is 5.32 Å². The van der Waals surface area contributed by atoms with Crippen LogP contribution in [-0.2, 0) is 0 Å². The SMILES string of the molecule is CC1C=CC=CC1NC1=CC(Nc2ccccc2)C(C)C(c2ccccc2)=C1. The molecule has 0 saturated carbocycles. The van der Waals surface area contributed by atoms with Crippen LogP contribution in [0, 0.1) is 11.8 Å². The predicted octanol–water partition coefficient (Wildman–Crippen LogP) is 5.80. The molecule has 4 unspecified atom stereocenters. The third-order valence-electron chi connectivity index (χ3n) is 5.66. The molecule has 0 radical (unpaired) electrons. The average Bonchev–Trinajstić information content (AvgIpc) is 2.73. The third kappa shape index (κ3) is 4.12. The van der Waals surface area contributed by atoms with Crippen LogP contribution in [0.1, 0.15) is 19.4 Å². The summed E-state index contributed by atoms with van der Waals surface area (Å²) in [5.74, 6) is 0.840. The maximum atomic E-state index is 3.75. The molecule has 2 nitrogen and oxygen atoms in total. The fraction of sp³-hybridized carbons (Fsp3) is 0.231. The second kappa shape index (κ2) is 8.35. The van der Waals surface area contributed by atoms with Crippen molar-refractivity contribution in [2.24, 2.45) is 11.8 Å². The van der Waals surface area contributed by atoms with Crippen LogP contribution in [0.15, 0.2) is 103 Å². The van der Waals surface area contributed by atoms with Crippen LogP contribution in [0.25, 0.3) is 5.57 Å². The van der Waals surface area contributed by atoms with Gasteiger partial charge in [0.05, 0.1) is 12.1 Å². The van der Waals surface area contributed by atoms with Crippen molar-refractivity contribution in [3.05, 3.63) is 108 Å². The molecular weight excluding hydrogens is 340 g/mol. The number of rotatable bonds is 5. The summed E-state index contributed by atoms with van der Waals surface area (Å²) in [7, 11) is 0. The molecule has 0 amide bonds. The van der Waals surface area contributed by atoms with E-state index in [1.807, 2.05) is 0 Å². The van der Waals surface area contributed by atoms with E-state index in [0.29, 0.717) is 17.9 Å². The Hall–Kier alpha value is -3.00. The molecule has 2 aromatic carbocycles. The molecule has 0 saturated heterocycles. The van der Waals surface area contributed by atoms with E-state index in [2.05, 4.69) is 122 Å². The zero-order valence-corrected chi connectivity index (χ0v) is 16.5. The number of allylic oxidation sites excluding steroid dienone is 3. The van der Waals surface area contributed by atoms with E-state index in [1.54, 1.807) is 0 Å². The molecule has 28 heavy (non-hydrogen) atoms. The van der Waals surface area contributed by atoms with Crippen LogP contribution < -0.4 is 10.6 Å². The van der Waals surface area contributed by atoms with E-state index in [4.69, 9.17) is 0 Å². The minimum absolute atomic E-state index is 0.225. The lowest BCUT2D eigenvalue weighted by atomic mass is 9.83. The van der Waals surface area contributed by atoms with Crippen molar-refractivity contribution in [1.29, 1.82) is 0 Å². The molecule has 2 N–H and O–H groups in total. The van der Waals surface area contributed by atoms with E-state index in [0.717, 1.165) is 5.69 Å². The second-order valence-electron chi connectivity index (χ2n) is 7.71. The normalized spacial score (nSPS) is 26.4. The Labute approximate surface area is 168 Å². The van der Waals surface area contributed by atoms with Crippen molar-refractivity contribution in [1.82, 2.24) is 5.32 Å². The zero-order chi connectivity index (χ0) is 19.3. The predicted molar refractivity (Wildman–Crippen MR) is 120 cm³/mol. The summed E-state index contributed by atoms with van der Waals surface area (Å²) < 4.78 is 0. The molecule has 2 heteroatoms. The molecule has 0 bridgehead atoms. The summed E-state index contributed by atoms with van der Waals surface area (Å²) in [4.78, 5) is 0. The molecule has 2 aliphatic rings. The smallest absolute Gasteiger partial charge is 0.0533 e. The lowest BCUT2D eigenvalue weighted by Crippen LogP contribution is -2.36. The van der Waals surface area contributed by atoms with Gasteiger partial charge >= 0.3 is 0 Å². The molecule has 2 aromatic rings. The van der Waals surface area contributed by atoms with Gasteiger partial charge in [0.15, 0.2) is 0 Å². The maximum Gasteiger partial charge on any atom is 0.0533 e. The van der Waals surface area contributed by atoms with Crippen LogP contribution in [0.4, 0.5) is 5.69 Å². The quantitative estimate of drug-likeness (QED) is 0.696. The number of para-hydroxylation sites is 1. The van der Waals surface area contributed by atoms with Crippen molar-refractivity contribution >= 4 is 11.3 Å². The first-order valence-electron chi connectivity index (χ1n) is 10.1. The fourth-order valence-corrected chi connectivity index (χ4v) is 3.93. The Kier molecular flexibility index (Phi) is 5.48. The molecular formula is C26H28N2. The minimum atomic E-state index is 0.225. The van der Waals surface area contributed by atoms with Gasteiger partial charge in [-0.2, -0.15) is 0 Å². The van der Waals surface area contributed by atoms with Gasteiger partial charge in [-0.1, -0.05) is 86.7 Å². The summed E-state index contributed by atoms with van der Waals surface area (Å²) in [5, 5.41) is 7.47.